The van der Waals surface area contributed by atoms with E-state index in [1.807, 2.05) is 0 Å². The van der Waals surface area contributed by atoms with Crippen LogP contribution in [0.15, 0.2) is 0 Å². The van der Waals surface area contributed by atoms with Crippen molar-refractivity contribution < 1.29 is 4.74 Å². The second kappa shape index (κ2) is 6.36. The summed E-state index contributed by atoms with van der Waals surface area (Å²) in [5.41, 5.74) is 0.498. The largest absolute Gasteiger partial charge is 0.378 e. The lowest BCUT2D eigenvalue weighted by atomic mass is 9.55. The normalized spacial score (nSPS) is 39.9. The van der Waals surface area contributed by atoms with Gasteiger partial charge in [-0.05, 0) is 57.4 Å². The molecule has 20 heavy (non-hydrogen) atoms. The maximum atomic E-state index is 6.05. The molecule has 4 atom stereocenters. The van der Waals surface area contributed by atoms with Gasteiger partial charge >= 0.3 is 0 Å². The van der Waals surface area contributed by atoms with Crippen LogP contribution in [0.4, 0.5) is 0 Å². The second-order valence-corrected chi connectivity index (χ2v) is 7.72. The van der Waals surface area contributed by atoms with Crippen LogP contribution in [0.5, 0.6) is 0 Å². The highest BCUT2D eigenvalue weighted by Gasteiger charge is 2.55. The van der Waals surface area contributed by atoms with Crippen molar-refractivity contribution in [3.63, 3.8) is 0 Å². The van der Waals surface area contributed by atoms with E-state index < -0.39 is 0 Å². The molecular formula is C18H33NO. The van der Waals surface area contributed by atoms with Crippen molar-refractivity contribution >= 4 is 0 Å². The predicted molar refractivity (Wildman–Crippen MR) is 83.8 cm³/mol. The molecule has 3 rings (SSSR count). The van der Waals surface area contributed by atoms with Crippen molar-refractivity contribution in [2.45, 2.75) is 83.8 Å². The fourth-order valence-electron chi connectivity index (χ4n) is 5.17. The molecule has 1 spiro atoms. The van der Waals surface area contributed by atoms with Crippen molar-refractivity contribution in [2.75, 3.05) is 13.2 Å². The SMILES string of the molecule is CCOC1CC(NCC2CCC(C)C2)C12CCCCC2. The Morgan fingerprint density at radius 2 is 1.90 bits per heavy atom. The van der Waals surface area contributed by atoms with Gasteiger partial charge in [-0.1, -0.05) is 32.6 Å². The molecule has 1 N–H and O–H groups in total. The molecule has 3 fully saturated rings. The minimum Gasteiger partial charge on any atom is -0.378 e. The number of hydrogen-bond donors (Lipinski definition) is 1. The standard InChI is InChI=1S/C18H33NO/c1-3-20-17-12-16(18(17)9-5-4-6-10-18)19-13-15-8-7-14(2)11-15/h14-17,19H,3-13H2,1-2H3. The molecule has 3 saturated carbocycles. The minimum atomic E-state index is 0.498. The molecule has 0 heterocycles. The van der Waals surface area contributed by atoms with Crippen LogP contribution >= 0.6 is 0 Å². The lowest BCUT2D eigenvalue weighted by Gasteiger charge is -2.58. The summed E-state index contributed by atoms with van der Waals surface area (Å²) in [6.45, 7) is 6.71. The molecule has 0 aromatic rings. The first-order valence-corrected chi connectivity index (χ1v) is 9.09. The summed E-state index contributed by atoms with van der Waals surface area (Å²) in [6, 6.07) is 0.746. The average Bonchev–Trinajstić information content (AvgIpc) is 2.88. The van der Waals surface area contributed by atoms with Crippen LogP contribution in [-0.4, -0.2) is 25.3 Å². The Labute approximate surface area is 125 Å². The topological polar surface area (TPSA) is 21.3 Å². The van der Waals surface area contributed by atoms with E-state index in [0.717, 1.165) is 24.5 Å². The third-order valence-corrected chi connectivity index (χ3v) is 6.39. The predicted octanol–water partition coefficient (Wildman–Crippen LogP) is 4.14. The Balaban J connectivity index is 1.53. The summed E-state index contributed by atoms with van der Waals surface area (Å²) in [5.74, 6) is 1.90. The molecule has 3 aliphatic carbocycles. The van der Waals surface area contributed by atoms with E-state index in [9.17, 15) is 0 Å². The third-order valence-electron chi connectivity index (χ3n) is 6.39. The average molecular weight is 279 g/mol. The fraction of sp³-hybridized carbons (Fsp3) is 1.00. The highest BCUT2D eigenvalue weighted by atomic mass is 16.5. The van der Waals surface area contributed by atoms with E-state index in [2.05, 4.69) is 19.2 Å². The summed E-state index contributed by atoms with van der Waals surface area (Å²) in [4.78, 5) is 0. The first-order chi connectivity index (χ1) is 9.74. The van der Waals surface area contributed by atoms with E-state index in [0.29, 0.717) is 11.5 Å². The van der Waals surface area contributed by atoms with Gasteiger partial charge in [0.2, 0.25) is 0 Å². The molecule has 0 amide bonds. The molecule has 0 saturated heterocycles. The van der Waals surface area contributed by atoms with E-state index >= 15 is 0 Å². The van der Waals surface area contributed by atoms with E-state index in [4.69, 9.17) is 4.74 Å². The van der Waals surface area contributed by atoms with E-state index in [-0.39, 0.29) is 0 Å². The summed E-state index contributed by atoms with van der Waals surface area (Å²) in [6.07, 6.45) is 13.2. The number of nitrogens with one attached hydrogen (secondary N) is 1. The molecule has 0 aromatic heterocycles. The monoisotopic (exact) mass is 279 g/mol. The molecule has 0 aromatic carbocycles. The minimum absolute atomic E-state index is 0.498. The quantitative estimate of drug-likeness (QED) is 0.816. The Bertz CT molecular complexity index is 311. The van der Waals surface area contributed by atoms with E-state index in [1.165, 1.54) is 64.3 Å². The van der Waals surface area contributed by atoms with Gasteiger partial charge in [0.05, 0.1) is 6.10 Å². The molecule has 0 radical (unpaired) electrons. The number of hydrogen-bond acceptors (Lipinski definition) is 2. The van der Waals surface area contributed by atoms with Gasteiger partial charge in [0.15, 0.2) is 0 Å². The Morgan fingerprint density at radius 3 is 2.55 bits per heavy atom. The van der Waals surface area contributed by atoms with Crippen LogP contribution in [0, 0.1) is 17.3 Å². The molecular weight excluding hydrogens is 246 g/mol. The van der Waals surface area contributed by atoms with Gasteiger partial charge in [-0.25, -0.2) is 0 Å². The van der Waals surface area contributed by atoms with Crippen LogP contribution in [0.25, 0.3) is 0 Å². The highest BCUT2D eigenvalue weighted by Crippen LogP contribution is 2.53. The molecule has 2 heteroatoms. The maximum Gasteiger partial charge on any atom is 0.0661 e. The van der Waals surface area contributed by atoms with E-state index in [1.54, 1.807) is 0 Å². The van der Waals surface area contributed by atoms with Gasteiger partial charge in [0.1, 0.15) is 0 Å². The number of ether oxygens (including phenoxy) is 1. The van der Waals surface area contributed by atoms with Crippen molar-refractivity contribution in [1.29, 1.82) is 0 Å². The summed E-state index contributed by atoms with van der Waals surface area (Å²) < 4.78 is 6.05. The van der Waals surface area contributed by atoms with Crippen molar-refractivity contribution in [3.8, 4) is 0 Å². The smallest absolute Gasteiger partial charge is 0.0661 e. The Hall–Kier alpha value is -0.0800. The molecule has 116 valence electrons. The molecule has 3 aliphatic rings. The Morgan fingerprint density at radius 1 is 1.10 bits per heavy atom. The molecule has 0 bridgehead atoms. The van der Waals surface area contributed by atoms with Gasteiger partial charge < -0.3 is 10.1 Å². The Kier molecular flexibility index (Phi) is 4.72. The summed E-state index contributed by atoms with van der Waals surface area (Å²) >= 11 is 0. The zero-order valence-corrected chi connectivity index (χ0v) is 13.5. The zero-order chi connectivity index (χ0) is 14.0. The highest BCUT2D eigenvalue weighted by molar-refractivity contribution is 5.09. The van der Waals surface area contributed by atoms with Gasteiger partial charge in [-0.15, -0.1) is 0 Å². The van der Waals surface area contributed by atoms with Crippen LogP contribution in [0.3, 0.4) is 0 Å². The number of rotatable bonds is 5. The second-order valence-electron chi connectivity index (χ2n) is 7.72. The summed E-state index contributed by atoms with van der Waals surface area (Å²) in [5, 5.41) is 3.95. The fourth-order valence-corrected chi connectivity index (χ4v) is 5.17. The third kappa shape index (κ3) is 2.78. The van der Waals surface area contributed by atoms with Gasteiger partial charge in [-0.2, -0.15) is 0 Å². The van der Waals surface area contributed by atoms with Gasteiger partial charge in [0, 0.05) is 18.1 Å². The first kappa shape index (κ1) is 14.8. The molecule has 2 nitrogen and oxygen atoms in total. The lowest BCUT2D eigenvalue weighted by Crippen LogP contribution is -2.64. The molecule has 0 aliphatic heterocycles. The van der Waals surface area contributed by atoms with Gasteiger partial charge in [0.25, 0.3) is 0 Å². The van der Waals surface area contributed by atoms with Crippen molar-refractivity contribution in [2.24, 2.45) is 17.3 Å². The van der Waals surface area contributed by atoms with Gasteiger partial charge in [-0.3, -0.25) is 0 Å². The van der Waals surface area contributed by atoms with Crippen molar-refractivity contribution in [1.82, 2.24) is 5.32 Å². The summed E-state index contributed by atoms with van der Waals surface area (Å²) in [7, 11) is 0. The van der Waals surface area contributed by atoms with Crippen LogP contribution in [0.1, 0.15) is 71.6 Å². The zero-order valence-electron chi connectivity index (χ0n) is 13.5. The van der Waals surface area contributed by atoms with Crippen LogP contribution < -0.4 is 5.32 Å². The maximum absolute atomic E-state index is 6.05. The van der Waals surface area contributed by atoms with Crippen molar-refractivity contribution in [3.05, 3.63) is 0 Å². The van der Waals surface area contributed by atoms with Crippen LogP contribution in [0.2, 0.25) is 0 Å². The molecule has 4 unspecified atom stereocenters. The first-order valence-electron chi connectivity index (χ1n) is 9.09. The lowest BCUT2D eigenvalue weighted by molar-refractivity contribution is -0.150. The van der Waals surface area contributed by atoms with Crippen LogP contribution in [-0.2, 0) is 4.74 Å².